The molecular weight excluding hydrogens is 156 g/mol. The minimum absolute atomic E-state index is 0.538. The molecule has 0 aromatic carbocycles. The smallest absolute Gasteiger partial charge is 0.00819 e. The fraction of sp³-hybridized carbons (Fsp3) is 0.692. The van der Waals surface area contributed by atoms with Gasteiger partial charge in [0.25, 0.3) is 0 Å². The Morgan fingerprint density at radius 2 is 1.85 bits per heavy atom. The normalized spacial score (nSPS) is 12.8. The third-order valence-corrected chi connectivity index (χ3v) is 1.90. The highest BCUT2D eigenvalue weighted by Crippen LogP contribution is 2.12. The maximum absolute atomic E-state index is 3.76. The third-order valence-electron chi connectivity index (χ3n) is 1.90. The lowest BCUT2D eigenvalue weighted by atomic mass is 10.0. The van der Waals surface area contributed by atoms with Crippen LogP contribution in [0.15, 0.2) is 24.3 Å². The first-order chi connectivity index (χ1) is 6.24. The minimum Gasteiger partial charge on any atom is -0.102 e. The molecule has 0 aliphatic rings. The summed E-state index contributed by atoms with van der Waals surface area (Å²) < 4.78 is 0. The highest BCUT2D eigenvalue weighted by atomic mass is 14.0. The Morgan fingerprint density at radius 3 is 2.15 bits per heavy atom. The van der Waals surface area contributed by atoms with E-state index in [4.69, 9.17) is 0 Å². The van der Waals surface area contributed by atoms with Gasteiger partial charge < -0.3 is 0 Å². The Bertz CT molecular complexity index is 131. The maximum atomic E-state index is 3.76. The summed E-state index contributed by atoms with van der Waals surface area (Å²) in [5.41, 5.74) is 1.57. The quantitative estimate of drug-likeness (QED) is 0.526. The molecule has 0 aliphatic heterocycles. The Morgan fingerprint density at radius 1 is 1.31 bits per heavy atom. The first-order valence-corrected chi connectivity index (χ1v) is 5.56. The van der Waals surface area contributed by atoms with Gasteiger partial charge in [0, 0.05) is 0 Å². The Hall–Kier alpha value is -0.520. The zero-order valence-electron chi connectivity index (χ0n) is 10.1. The number of rotatable bonds is 5. The lowest BCUT2D eigenvalue weighted by Gasteiger charge is -2.04. The molecule has 0 rings (SSSR count). The SMILES string of the molecule is C=CC(C)/C=C(/CC)CCC.CC. The van der Waals surface area contributed by atoms with Gasteiger partial charge in [0.15, 0.2) is 0 Å². The molecule has 0 amide bonds. The first-order valence-electron chi connectivity index (χ1n) is 5.56. The molecule has 0 saturated carbocycles. The van der Waals surface area contributed by atoms with Crippen molar-refractivity contribution < 1.29 is 0 Å². The molecule has 0 aliphatic carbocycles. The maximum Gasteiger partial charge on any atom is -0.00819 e. The van der Waals surface area contributed by atoms with Crippen molar-refractivity contribution >= 4 is 0 Å². The molecule has 78 valence electrons. The third kappa shape index (κ3) is 9.39. The van der Waals surface area contributed by atoms with E-state index in [1.807, 2.05) is 19.9 Å². The van der Waals surface area contributed by atoms with Gasteiger partial charge in [0.05, 0.1) is 0 Å². The van der Waals surface area contributed by atoms with E-state index in [1.54, 1.807) is 5.57 Å². The molecule has 0 nitrogen and oxygen atoms in total. The van der Waals surface area contributed by atoms with Crippen molar-refractivity contribution in [3.63, 3.8) is 0 Å². The van der Waals surface area contributed by atoms with Gasteiger partial charge in [-0.05, 0) is 18.8 Å². The van der Waals surface area contributed by atoms with Crippen LogP contribution in [0.5, 0.6) is 0 Å². The second-order valence-corrected chi connectivity index (χ2v) is 3.02. The van der Waals surface area contributed by atoms with Crippen molar-refractivity contribution in [3.05, 3.63) is 24.3 Å². The van der Waals surface area contributed by atoms with Gasteiger partial charge in [-0.1, -0.05) is 58.8 Å². The van der Waals surface area contributed by atoms with E-state index >= 15 is 0 Å². The molecular formula is C13H26. The van der Waals surface area contributed by atoms with Crippen LogP contribution in [0.4, 0.5) is 0 Å². The molecule has 0 heterocycles. The average Bonchev–Trinajstić information content (AvgIpc) is 2.20. The largest absolute Gasteiger partial charge is 0.102 e. The fourth-order valence-electron chi connectivity index (χ4n) is 1.14. The molecule has 0 fully saturated rings. The second-order valence-electron chi connectivity index (χ2n) is 3.02. The summed E-state index contributed by atoms with van der Waals surface area (Å²) in [7, 11) is 0. The van der Waals surface area contributed by atoms with Crippen LogP contribution in [0.3, 0.4) is 0 Å². The topological polar surface area (TPSA) is 0 Å². The standard InChI is InChI=1S/C11H20.C2H6/c1-5-8-11(7-3)9-10(4)6-2;1-2/h6,9-10H,2,5,7-8H2,1,3-4H3;1-2H3/b11-9-;. The Balaban J connectivity index is 0. The van der Waals surface area contributed by atoms with Gasteiger partial charge in [0.2, 0.25) is 0 Å². The predicted molar refractivity (Wildman–Crippen MR) is 64.0 cm³/mol. The van der Waals surface area contributed by atoms with E-state index in [2.05, 4.69) is 33.4 Å². The summed E-state index contributed by atoms with van der Waals surface area (Å²) in [6.07, 6.45) is 8.01. The van der Waals surface area contributed by atoms with Crippen LogP contribution >= 0.6 is 0 Å². The summed E-state index contributed by atoms with van der Waals surface area (Å²) >= 11 is 0. The van der Waals surface area contributed by atoms with Crippen molar-refractivity contribution in [3.8, 4) is 0 Å². The van der Waals surface area contributed by atoms with Crippen molar-refractivity contribution in [2.75, 3.05) is 0 Å². The molecule has 0 N–H and O–H groups in total. The van der Waals surface area contributed by atoms with Crippen LogP contribution in [0.1, 0.15) is 53.9 Å². The van der Waals surface area contributed by atoms with E-state index in [9.17, 15) is 0 Å². The highest BCUT2D eigenvalue weighted by Gasteiger charge is 1.94. The van der Waals surface area contributed by atoms with E-state index in [0.717, 1.165) is 0 Å². The van der Waals surface area contributed by atoms with Crippen LogP contribution in [0.25, 0.3) is 0 Å². The van der Waals surface area contributed by atoms with Crippen LogP contribution in [0.2, 0.25) is 0 Å². The molecule has 0 bridgehead atoms. The molecule has 13 heavy (non-hydrogen) atoms. The van der Waals surface area contributed by atoms with Crippen molar-refractivity contribution in [1.29, 1.82) is 0 Å². The summed E-state index contributed by atoms with van der Waals surface area (Å²) in [6, 6.07) is 0. The van der Waals surface area contributed by atoms with Gasteiger partial charge in [-0.2, -0.15) is 0 Å². The molecule has 0 aromatic heterocycles. The second kappa shape index (κ2) is 11.5. The van der Waals surface area contributed by atoms with Crippen molar-refractivity contribution in [1.82, 2.24) is 0 Å². The zero-order chi connectivity index (χ0) is 10.7. The van der Waals surface area contributed by atoms with Gasteiger partial charge >= 0.3 is 0 Å². The number of allylic oxidation sites excluding steroid dienone is 3. The highest BCUT2D eigenvalue weighted by molar-refractivity contribution is 5.06. The van der Waals surface area contributed by atoms with E-state index in [1.165, 1.54) is 19.3 Å². The lowest BCUT2D eigenvalue weighted by Crippen LogP contribution is -1.87. The Labute approximate surface area is 84.7 Å². The van der Waals surface area contributed by atoms with E-state index in [0.29, 0.717) is 5.92 Å². The van der Waals surface area contributed by atoms with Crippen LogP contribution in [-0.2, 0) is 0 Å². The van der Waals surface area contributed by atoms with Crippen LogP contribution in [-0.4, -0.2) is 0 Å². The summed E-state index contributed by atoms with van der Waals surface area (Å²) in [5.74, 6) is 0.538. The van der Waals surface area contributed by atoms with Gasteiger partial charge in [-0.25, -0.2) is 0 Å². The molecule has 0 saturated heterocycles. The summed E-state index contributed by atoms with van der Waals surface area (Å²) in [5, 5.41) is 0. The fourth-order valence-corrected chi connectivity index (χ4v) is 1.14. The predicted octanol–water partition coefficient (Wildman–Crippen LogP) is 4.97. The van der Waals surface area contributed by atoms with Gasteiger partial charge in [0.1, 0.15) is 0 Å². The number of hydrogen-bond donors (Lipinski definition) is 0. The first kappa shape index (κ1) is 15.0. The van der Waals surface area contributed by atoms with Crippen molar-refractivity contribution in [2.24, 2.45) is 5.92 Å². The minimum atomic E-state index is 0.538. The summed E-state index contributed by atoms with van der Waals surface area (Å²) in [6.45, 7) is 14.4. The molecule has 0 spiro atoms. The zero-order valence-corrected chi connectivity index (χ0v) is 10.1. The molecule has 1 unspecified atom stereocenters. The van der Waals surface area contributed by atoms with E-state index in [-0.39, 0.29) is 0 Å². The monoisotopic (exact) mass is 182 g/mol. The molecule has 0 heteroatoms. The molecule has 0 radical (unpaired) electrons. The summed E-state index contributed by atoms with van der Waals surface area (Å²) in [4.78, 5) is 0. The van der Waals surface area contributed by atoms with Gasteiger partial charge in [-0.3, -0.25) is 0 Å². The van der Waals surface area contributed by atoms with Crippen LogP contribution < -0.4 is 0 Å². The molecule has 0 aromatic rings. The van der Waals surface area contributed by atoms with E-state index < -0.39 is 0 Å². The lowest BCUT2D eigenvalue weighted by molar-refractivity contribution is 0.821. The Kier molecular flexibility index (Phi) is 13.2. The van der Waals surface area contributed by atoms with Crippen molar-refractivity contribution in [2.45, 2.75) is 53.9 Å². The van der Waals surface area contributed by atoms with Crippen LogP contribution in [0, 0.1) is 5.92 Å². The average molecular weight is 182 g/mol. The van der Waals surface area contributed by atoms with Gasteiger partial charge in [-0.15, -0.1) is 6.58 Å². The number of hydrogen-bond acceptors (Lipinski definition) is 0. The molecule has 1 atom stereocenters.